The molecule has 1 aliphatic rings. The van der Waals surface area contributed by atoms with Gasteiger partial charge in [0.15, 0.2) is 0 Å². The molecule has 0 spiro atoms. The van der Waals surface area contributed by atoms with Crippen molar-refractivity contribution in [3.05, 3.63) is 12.2 Å². The fourth-order valence-corrected chi connectivity index (χ4v) is 1.90. The lowest BCUT2D eigenvalue weighted by Crippen LogP contribution is -2.24. The minimum absolute atomic E-state index is 0.748. The Balaban J connectivity index is 2.07. The van der Waals surface area contributed by atoms with Crippen LogP contribution in [-0.2, 0) is 0 Å². The molecule has 0 amide bonds. The van der Waals surface area contributed by atoms with E-state index >= 15 is 0 Å². The Morgan fingerprint density at radius 1 is 1.38 bits per heavy atom. The summed E-state index contributed by atoms with van der Waals surface area (Å²) in [5, 5.41) is 3.55. The lowest BCUT2D eigenvalue weighted by Gasteiger charge is -2.12. The van der Waals surface area contributed by atoms with Gasteiger partial charge < -0.3 is 5.32 Å². The maximum atomic E-state index is 3.55. The number of nitrogens with one attached hydrogen (secondary N) is 1. The molecule has 1 heteroatoms. The van der Waals surface area contributed by atoms with Crippen molar-refractivity contribution < 1.29 is 0 Å². The lowest BCUT2D eigenvalue weighted by atomic mass is 10.0. The summed E-state index contributed by atoms with van der Waals surface area (Å²) >= 11 is 0. The van der Waals surface area contributed by atoms with E-state index in [0.29, 0.717) is 0 Å². The highest BCUT2D eigenvalue weighted by atomic mass is 14.9. The van der Waals surface area contributed by atoms with Crippen molar-refractivity contribution in [2.24, 2.45) is 5.92 Å². The van der Waals surface area contributed by atoms with Gasteiger partial charge in [0.2, 0.25) is 0 Å². The normalized spacial score (nSPS) is 28.8. The predicted molar refractivity (Wildman–Crippen MR) is 58.9 cm³/mol. The third-order valence-corrected chi connectivity index (χ3v) is 2.97. The van der Waals surface area contributed by atoms with Crippen LogP contribution in [0.25, 0.3) is 0 Å². The van der Waals surface area contributed by atoms with Gasteiger partial charge in [-0.3, -0.25) is 0 Å². The molecule has 0 aromatic heterocycles. The summed E-state index contributed by atoms with van der Waals surface area (Å²) in [7, 11) is 0. The minimum atomic E-state index is 0.748. The molecule has 1 aliphatic heterocycles. The molecule has 1 heterocycles. The van der Waals surface area contributed by atoms with Crippen molar-refractivity contribution in [1.29, 1.82) is 0 Å². The first kappa shape index (κ1) is 10.8. The van der Waals surface area contributed by atoms with E-state index in [1.54, 1.807) is 0 Å². The monoisotopic (exact) mass is 181 g/mol. The molecule has 0 radical (unpaired) electrons. The topological polar surface area (TPSA) is 12.0 Å². The van der Waals surface area contributed by atoms with E-state index in [2.05, 4.69) is 31.3 Å². The molecular formula is C12H23N. The molecule has 0 unspecified atom stereocenters. The van der Waals surface area contributed by atoms with Gasteiger partial charge >= 0.3 is 0 Å². The highest BCUT2D eigenvalue weighted by molar-refractivity contribution is 4.91. The molecule has 2 atom stereocenters. The van der Waals surface area contributed by atoms with E-state index < -0.39 is 0 Å². The summed E-state index contributed by atoms with van der Waals surface area (Å²) in [6, 6.07) is 0.748. The van der Waals surface area contributed by atoms with Crippen LogP contribution >= 0.6 is 0 Å². The van der Waals surface area contributed by atoms with Gasteiger partial charge in [0.1, 0.15) is 0 Å². The molecule has 76 valence electrons. The maximum Gasteiger partial charge on any atom is 0.0128 e. The molecule has 1 rings (SSSR count). The molecule has 0 saturated carbocycles. The summed E-state index contributed by atoms with van der Waals surface area (Å²) < 4.78 is 0. The summed E-state index contributed by atoms with van der Waals surface area (Å²) in [5.74, 6) is 0.871. The third kappa shape index (κ3) is 3.95. The molecular weight excluding hydrogens is 158 g/mol. The van der Waals surface area contributed by atoms with Gasteiger partial charge in [-0.25, -0.2) is 0 Å². The van der Waals surface area contributed by atoms with Crippen molar-refractivity contribution in [2.75, 3.05) is 6.54 Å². The molecule has 13 heavy (non-hydrogen) atoms. The Kier molecular flexibility index (Phi) is 5.14. The van der Waals surface area contributed by atoms with Crippen LogP contribution in [0.3, 0.4) is 0 Å². The van der Waals surface area contributed by atoms with Crippen LogP contribution in [0.5, 0.6) is 0 Å². The molecule has 0 aromatic rings. The van der Waals surface area contributed by atoms with Crippen LogP contribution in [0.1, 0.15) is 46.0 Å². The van der Waals surface area contributed by atoms with Crippen molar-refractivity contribution in [3.63, 3.8) is 0 Å². The summed E-state index contributed by atoms with van der Waals surface area (Å²) in [5.41, 5.74) is 0. The van der Waals surface area contributed by atoms with Gasteiger partial charge in [-0.2, -0.15) is 0 Å². The first-order chi connectivity index (χ1) is 6.34. The number of hydrogen-bond donors (Lipinski definition) is 1. The first-order valence-corrected chi connectivity index (χ1v) is 5.73. The Morgan fingerprint density at radius 3 is 2.85 bits per heavy atom. The average Bonchev–Trinajstić information content (AvgIpc) is 2.52. The quantitative estimate of drug-likeness (QED) is 0.507. The van der Waals surface area contributed by atoms with E-state index in [1.165, 1.54) is 38.6 Å². The van der Waals surface area contributed by atoms with E-state index in [1.807, 2.05) is 0 Å². The van der Waals surface area contributed by atoms with Crippen molar-refractivity contribution in [3.8, 4) is 0 Å². The second kappa shape index (κ2) is 6.20. The highest BCUT2D eigenvalue weighted by Gasteiger charge is 2.20. The molecule has 0 aliphatic carbocycles. The summed E-state index contributed by atoms with van der Waals surface area (Å²) in [4.78, 5) is 0. The van der Waals surface area contributed by atoms with Crippen LogP contribution in [-0.4, -0.2) is 12.6 Å². The van der Waals surface area contributed by atoms with Crippen LogP contribution < -0.4 is 5.32 Å². The number of allylic oxidation sites excluding steroid dienone is 1. The molecule has 1 saturated heterocycles. The summed E-state index contributed by atoms with van der Waals surface area (Å²) in [6.45, 7) is 5.81. The lowest BCUT2D eigenvalue weighted by molar-refractivity contribution is 0.486. The average molecular weight is 181 g/mol. The van der Waals surface area contributed by atoms with Crippen LogP contribution in [0.4, 0.5) is 0 Å². The molecule has 0 bridgehead atoms. The van der Waals surface area contributed by atoms with Crippen LogP contribution in [0, 0.1) is 5.92 Å². The smallest absolute Gasteiger partial charge is 0.0128 e. The largest absolute Gasteiger partial charge is 0.313 e. The third-order valence-electron chi connectivity index (χ3n) is 2.97. The van der Waals surface area contributed by atoms with Gasteiger partial charge in [0.05, 0.1) is 0 Å². The Labute approximate surface area is 82.6 Å². The summed E-state index contributed by atoms with van der Waals surface area (Å²) in [6.07, 6.45) is 11.2. The number of unbranched alkanes of at least 4 members (excludes halogenated alkanes) is 2. The molecule has 0 aromatic carbocycles. The predicted octanol–water partition coefficient (Wildman–Crippen LogP) is 3.12. The van der Waals surface area contributed by atoms with Crippen molar-refractivity contribution >= 4 is 0 Å². The minimum Gasteiger partial charge on any atom is -0.313 e. The van der Waals surface area contributed by atoms with E-state index in [0.717, 1.165) is 12.0 Å². The SMILES string of the molecule is CCCC/C=C\C[C@@H]1NCC[C@H]1C. The standard InChI is InChI=1S/C12H23N/c1-3-4-5-6-7-8-12-11(2)9-10-13-12/h6-7,11-13H,3-5,8-10H2,1-2H3/b7-6-/t11-,12+/m1/s1. The Hall–Kier alpha value is -0.300. The molecule has 1 N–H and O–H groups in total. The fourth-order valence-electron chi connectivity index (χ4n) is 1.90. The number of rotatable bonds is 5. The van der Waals surface area contributed by atoms with E-state index in [-0.39, 0.29) is 0 Å². The van der Waals surface area contributed by atoms with Gasteiger partial charge in [-0.1, -0.05) is 38.8 Å². The zero-order valence-electron chi connectivity index (χ0n) is 9.05. The fraction of sp³-hybridized carbons (Fsp3) is 0.833. The van der Waals surface area contributed by atoms with Crippen molar-refractivity contribution in [2.45, 2.75) is 52.0 Å². The zero-order chi connectivity index (χ0) is 9.52. The second-order valence-electron chi connectivity index (χ2n) is 4.18. The van der Waals surface area contributed by atoms with Gasteiger partial charge in [0, 0.05) is 6.04 Å². The van der Waals surface area contributed by atoms with Crippen molar-refractivity contribution in [1.82, 2.24) is 5.32 Å². The Bertz CT molecular complexity index is 151. The molecule has 1 nitrogen and oxygen atoms in total. The van der Waals surface area contributed by atoms with E-state index in [4.69, 9.17) is 0 Å². The zero-order valence-corrected chi connectivity index (χ0v) is 9.05. The number of hydrogen-bond acceptors (Lipinski definition) is 1. The Morgan fingerprint density at radius 2 is 2.23 bits per heavy atom. The second-order valence-corrected chi connectivity index (χ2v) is 4.18. The van der Waals surface area contributed by atoms with Gasteiger partial charge in [-0.15, -0.1) is 0 Å². The van der Waals surface area contributed by atoms with E-state index in [9.17, 15) is 0 Å². The van der Waals surface area contributed by atoms with Crippen LogP contribution in [0.15, 0.2) is 12.2 Å². The highest BCUT2D eigenvalue weighted by Crippen LogP contribution is 2.17. The van der Waals surface area contributed by atoms with Crippen LogP contribution in [0.2, 0.25) is 0 Å². The maximum absolute atomic E-state index is 3.55. The first-order valence-electron chi connectivity index (χ1n) is 5.73. The van der Waals surface area contributed by atoms with Gasteiger partial charge in [-0.05, 0) is 31.7 Å². The molecule has 1 fully saturated rings. The van der Waals surface area contributed by atoms with Gasteiger partial charge in [0.25, 0.3) is 0 Å².